The molecule has 2 aromatic heterocycles. The molecule has 2 aliphatic rings. The Morgan fingerprint density at radius 2 is 1.89 bits per heavy atom. The van der Waals surface area contributed by atoms with E-state index in [1.165, 1.54) is 11.1 Å². The van der Waals surface area contributed by atoms with Gasteiger partial charge in [0.1, 0.15) is 11.6 Å². The van der Waals surface area contributed by atoms with Crippen LogP contribution in [-0.4, -0.2) is 39.4 Å². The molecule has 5 aromatic rings. The Hall–Kier alpha value is -3.84. The number of aromatic nitrogens is 4. The number of anilines is 1. The Bertz CT molecular complexity index is 1680. The molecule has 2 N–H and O–H groups in total. The van der Waals surface area contributed by atoms with Crippen LogP contribution in [0.3, 0.4) is 0 Å². The molecule has 2 unspecified atom stereocenters. The first-order chi connectivity index (χ1) is 18.0. The highest BCUT2D eigenvalue weighted by Gasteiger charge is 2.66. The molecular formula is C30H29FN6. The second-order valence-electron chi connectivity index (χ2n) is 10.6. The molecule has 6 nitrogen and oxygen atoms in total. The fourth-order valence-corrected chi connectivity index (χ4v) is 6.82. The topological polar surface area (TPSA) is 72.9 Å². The van der Waals surface area contributed by atoms with E-state index in [9.17, 15) is 4.39 Å². The standard InChI is InChI=1S/C30H29FN6/c1-18-20(8-10-26-21(18)15-36(2)35-26)19-7-9-27-28(13-19)33-14-29(34-27)37-12-11-22-24(16-37)30(22,17-32)23-5-3-4-6-25(23)31/h3-10,13-15,22,24H,11-12,16-17,32H2,1-2H3/t22?,24?,30-/m1/s1. The highest BCUT2D eigenvalue weighted by Crippen LogP contribution is 2.63. The maximum Gasteiger partial charge on any atom is 0.147 e. The van der Waals surface area contributed by atoms with E-state index in [0.717, 1.165) is 58.4 Å². The first-order valence-corrected chi connectivity index (χ1v) is 12.9. The lowest BCUT2D eigenvalue weighted by Gasteiger charge is -2.27. The first kappa shape index (κ1) is 22.4. The van der Waals surface area contributed by atoms with Gasteiger partial charge in [0.15, 0.2) is 0 Å². The molecule has 0 amide bonds. The SMILES string of the molecule is Cc1c(-c2ccc3nc(N4CCC5C(C4)[C@@]5(CN)c4ccccc4F)cnc3c2)ccc2nn(C)cc12. The smallest absolute Gasteiger partial charge is 0.147 e. The van der Waals surface area contributed by atoms with E-state index in [1.54, 1.807) is 12.1 Å². The summed E-state index contributed by atoms with van der Waals surface area (Å²) in [6.07, 6.45) is 4.92. The average Bonchev–Trinajstić information content (AvgIpc) is 3.40. The molecule has 1 saturated heterocycles. The van der Waals surface area contributed by atoms with Crippen molar-refractivity contribution in [2.75, 3.05) is 24.5 Å². The van der Waals surface area contributed by atoms with E-state index in [-0.39, 0.29) is 11.2 Å². The summed E-state index contributed by atoms with van der Waals surface area (Å²) < 4.78 is 16.6. The summed E-state index contributed by atoms with van der Waals surface area (Å²) in [5.74, 6) is 1.47. The summed E-state index contributed by atoms with van der Waals surface area (Å²) in [5, 5.41) is 5.68. The van der Waals surface area contributed by atoms with Crippen molar-refractivity contribution in [2.45, 2.75) is 18.8 Å². The van der Waals surface area contributed by atoms with E-state index < -0.39 is 0 Å². The molecule has 7 heteroatoms. The zero-order chi connectivity index (χ0) is 25.3. The third kappa shape index (κ3) is 3.30. The van der Waals surface area contributed by atoms with Crippen LogP contribution in [0.5, 0.6) is 0 Å². The molecule has 1 saturated carbocycles. The number of nitrogens with zero attached hydrogens (tertiary/aromatic N) is 5. The van der Waals surface area contributed by atoms with Gasteiger partial charge in [-0.15, -0.1) is 0 Å². The maximum absolute atomic E-state index is 14.7. The van der Waals surface area contributed by atoms with Gasteiger partial charge in [-0.1, -0.05) is 30.3 Å². The van der Waals surface area contributed by atoms with Crippen molar-refractivity contribution >= 4 is 27.8 Å². The Morgan fingerprint density at radius 1 is 1.05 bits per heavy atom. The Balaban J connectivity index is 1.17. The molecule has 3 aromatic carbocycles. The third-order valence-electron chi connectivity index (χ3n) is 8.78. The van der Waals surface area contributed by atoms with E-state index in [1.807, 2.05) is 30.1 Å². The second-order valence-corrected chi connectivity index (χ2v) is 10.6. The Morgan fingerprint density at radius 3 is 2.73 bits per heavy atom. The zero-order valence-electron chi connectivity index (χ0n) is 21.0. The van der Waals surface area contributed by atoms with Gasteiger partial charge in [0.05, 0.1) is 22.7 Å². The van der Waals surface area contributed by atoms with Crippen molar-refractivity contribution in [3.8, 4) is 11.1 Å². The summed E-state index contributed by atoms with van der Waals surface area (Å²) in [5.41, 5.74) is 13.0. The van der Waals surface area contributed by atoms with Crippen LogP contribution in [0, 0.1) is 24.6 Å². The van der Waals surface area contributed by atoms with Crippen LogP contribution in [0.1, 0.15) is 17.5 Å². The summed E-state index contributed by atoms with van der Waals surface area (Å²) >= 11 is 0. The molecule has 0 spiro atoms. The predicted molar refractivity (Wildman–Crippen MR) is 145 cm³/mol. The van der Waals surface area contributed by atoms with Gasteiger partial charge in [0, 0.05) is 43.7 Å². The van der Waals surface area contributed by atoms with E-state index in [0.29, 0.717) is 18.4 Å². The fraction of sp³-hybridized carbons (Fsp3) is 0.300. The summed E-state index contributed by atoms with van der Waals surface area (Å²) in [4.78, 5) is 12.1. The highest BCUT2D eigenvalue weighted by atomic mass is 19.1. The fourth-order valence-electron chi connectivity index (χ4n) is 6.82. The Kier molecular flexibility index (Phi) is 4.88. The number of fused-ring (bicyclic) bond motifs is 3. The molecule has 2 fully saturated rings. The summed E-state index contributed by atoms with van der Waals surface area (Å²) in [7, 11) is 1.95. The van der Waals surface area contributed by atoms with Crippen LogP contribution in [0.2, 0.25) is 0 Å². The van der Waals surface area contributed by atoms with Crippen molar-refractivity contribution in [1.29, 1.82) is 0 Å². The van der Waals surface area contributed by atoms with Gasteiger partial charge in [-0.3, -0.25) is 9.67 Å². The molecule has 0 bridgehead atoms. The molecule has 186 valence electrons. The van der Waals surface area contributed by atoms with Gasteiger partial charge in [-0.05, 0) is 71.7 Å². The molecule has 37 heavy (non-hydrogen) atoms. The van der Waals surface area contributed by atoms with Crippen molar-refractivity contribution in [3.05, 3.63) is 83.9 Å². The van der Waals surface area contributed by atoms with Gasteiger partial charge in [-0.2, -0.15) is 5.10 Å². The number of nitrogens with two attached hydrogens (primary N) is 1. The van der Waals surface area contributed by atoms with Gasteiger partial charge >= 0.3 is 0 Å². The first-order valence-electron chi connectivity index (χ1n) is 12.9. The quantitative estimate of drug-likeness (QED) is 0.383. The lowest BCUT2D eigenvalue weighted by Crippen LogP contribution is -2.32. The van der Waals surface area contributed by atoms with Gasteiger partial charge < -0.3 is 10.6 Å². The van der Waals surface area contributed by atoms with E-state index in [2.05, 4.69) is 53.5 Å². The lowest BCUT2D eigenvalue weighted by atomic mass is 9.91. The lowest BCUT2D eigenvalue weighted by molar-refractivity contribution is 0.533. The van der Waals surface area contributed by atoms with Crippen molar-refractivity contribution in [2.24, 2.45) is 24.6 Å². The van der Waals surface area contributed by atoms with E-state index >= 15 is 0 Å². The number of halogens is 1. The zero-order valence-corrected chi connectivity index (χ0v) is 21.0. The monoisotopic (exact) mass is 492 g/mol. The molecule has 3 atom stereocenters. The van der Waals surface area contributed by atoms with Crippen LogP contribution < -0.4 is 10.6 Å². The maximum atomic E-state index is 14.7. The van der Waals surface area contributed by atoms with E-state index in [4.69, 9.17) is 15.7 Å². The van der Waals surface area contributed by atoms with Gasteiger partial charge in [0.2, 0.25) is 0 Å². The number of hydrogen-bond donors (Lipinski definition) is 1. The van der Waals surface area contributed by atoms with Crippen LogP contribution in [-0.2, 0) is 12.5 Å². The summed E-state index contributed by atoms with van der Waals surface area (Å²) in [6.45, 7) is 4.30. The Labute approximate surface area is 214 Å². The van der Waals surface area contributed by atoms with Crippen LogP contribution in [0.15, 0.2) is 67.0 Å². The van der Waals surface area contributed by atoms with Crippen molar-refractivity contribution in [1.82, 2.24) is 19.7 Å². The van der Waals surface area contributed by atoms with Crippen LogP contribution in [0.25, 0.3) is 33.1 Å². The normalized spacial score (nSPS) is 23.0. The molecular weight excluding hydrogens is 463 g/mol. The second kappa shape index (κ2) is 8.08. The number of hydrogen-bond acceptors (Lipinski definition) is 5. The average molecular weight is 493 g/mol. The van der Waals surface area contributed by atoms with Gasteiger partial charge in [0.25, 0.3) is 0 Å². The highest BCUT2D eigenvalue weighted by molar-refractivity contribution is 5.91. The molecule has 1 aliphatic carbocycles. The number of benzene rings is 3. The number of piperidine rings is 1. The largest absolute Gasteiger partial charge is 0.355 e. The summed E-state index contributed by atoms with van der Waals surface area (Å²) in [6, 6.07) is 17.6. The van der Waals surface area contributed by atoms with Crippen LogP contribution >= 0.6 is 0 Å². The minimum absolute atomic E-state index is 0.145. The van der Waals surface area contributed by atoms with Gasteiger partial charge in [-0.25, -0.2) is 9.37 Å². The van der Waals surface area contributed by atoms with Crippen molar-refractivity contribution < 1.29 is 4.39 Å². The molecule has 7 rings (SSSR count). The third-order valence-corrected chi connectivity index (χ3v) is 8.78. The minimum Gasteiger partial charge on any atom is -0.355 e. The molecule has 3 heterocycles. The minimum atomic E-state index is -0.271. The predicted octanol–water partition coefficient (Wildman–Crippen LogP) is 4.98. The molecule has 1 aliphatic heterocycles. The number of rotatable bonds is 4. The van der Waals surface area contributed by atoms with Crippen LogP contribution in [0.4, 0.5) is 10.2 Å². The molecule has 0 radical (unpaired) electrons. The van der Waals surface area contributed by atoms with Crippen molar-refractivity contribution in [3.63, 3.8) is 0 Å². The number of aryl methyl sites for hydroxylation is 2.